The number of Topliss-reactive ketones (excluding diaryl/α,β-unsaturated/α-hetero) is 1. The molecule has 130 valence electrons. The number of rotatable bonds is 8. The van der Waals surface area contributed by atoms with Crippen molar-refractivity contribution in [3.63, 3.8) is 0 Å². The molecule has 0 radical (unpaired) electrons. The predicted molar refractivity (Wildman–Crippen MR) is 99.1 cm³/mol. The number of carbonyl (C=O) groups is 2. The summed E-state index contributed by atoms with van der Waals surface area (Å²) in [7, 11) is 0. The van der Waals surface area contributed by atoms with Crippen LogP contribution < -0.4 is 5.32 Å². The van der Waals surface area contributed by atoms with Gasteiger partial charge in [-0.15, -0.1) is 11.6 Å². The second-order valence-corrected chi connectivity index (χ2v) is 6.95. The fourth-order valence-corrected chi connectivity index (χ4v) is 3.50. The average Bonchev–Trinajstić information content (AvgIpc) is 2.85. The number of unbranched alkanes of at least 4 members (excludes halogenated alkanes) is 1. The predicted octanol–water partition coefficient (Wildman–Crippen LogP) is 4.94. The summed E-state index contributed by atoms with van der Waals surface area (Å²) in [6.45, 7) is 6.25. The van der Waals surface area contributed by atoms with Gasteiger partial charge in [0.1, 0.15) is 0 Å². The van der Waals surface area contributed by atoms with E-state index >= 15 is 0 Å². The van der Waals surface area contributed by atoms with Crippen molar-refractivity contribution in [1.29, 1.82) is 0 Å². The van der Waals surface area contributed by atoms with Gasteiger partial charge < -0.3 is 5.32 Å². The molecule has 4 heteroatoms. The third kappa shape index (κ3) is 3.89. The number of allylic oxidation sites excluding steroid dienone is 2. The van der Waals surface area contributed by atoms with Crippen LogP contribution >= 0.6 is 11.6 Å². The van der Waals surface area contributed by atoms with Gasteiger partial charge in [0.05, 0.1) is 11.1 Å². The van der Waals surface area contributed by atoms with E-state index in [-0.39, 0.29) is 23.0 Å². The van der Waals surface area contributed by atoms with Crippen molar-refractivity contribution in [3.05, 3.63) is 41.1 Å². The molecule has 1 aliphatic rings. The number of nitrogens with one attached hydrogen (secondary N) is 1. The summed E-state index contributed by atoms with van der Waals surface area (Å²) in [5, 5.41) is 2.55. The molecule has 0 saturated carbocycles. The quantitative estimate of drug-likeness (QED) is 0.677. The number of carbonyl (C=O) groups excluding carboxylic acids is 2. The van der Waals surface area contributed by atoms with Crippen LogP contribution in [0.4, 0.5) is 0 Å². The lowest BCUT2D eigenvalue weighted by atomic mass is 9.92. The number of ketones is 1. The fourth-order valence-electron chi connectivity index (χ4n) is 3.14. The van der Waals surface area contributed by atoms with Gasteiger partial charge in [-0.25, -0.2) is 0 Å². The van der Waals surface area contributed by atoms with Crippen LogP contribution in [-0.2, 0) is 4.79 Å². The number of halogens is 1. The monoisotopic (exact) mass is 347 g/mol. The number of hydrogen-bond acceptors (Lipinski definition) is 2. The van der Waals surface area contributed by atoms with Crippen LogP contribution in [0, 0.1) is 5.92 Å². The minimum Gasteiger partial charge on any atom is -0.322 e. The van der Waals surface area contributed by atoms with Crippen molar-refractivity contribution in [2.75, 3.05) is 0 Å². The molecule has 0 spiro atoms. The van der Waals surface area contributed by atoms with Crippen molar-refractivity contribution in [3.8, 4) is 0 Å². The zero-order chi connectivity index (χ0) is 17.7. The highest BCUT2D eigenvalue weighted by Gasteiger charge is 2.35. The van der Waals surface area contributed by atoms with Crippen molar-refractivity contribution in [2.24, 2.45) is 5.92 Å². The zero-order valence-electron chi connectivity index (χ0n) is 14.7. The lowest BCUT2D eigenvalue weighted by Crippen LogP contribution is -2.28. The van der Waals surface area contributed by atoms with Gasteiger partial charge in [0, 0.05) is 17.6 Å². The van der Waals surface area contributed by atoms with Gasteiger partial charge in [0.15, 0.2) is 0 Å². The SMILES string of the molecule is CCCCC(=O)NC1=C(C(Cl)C(C)CCC)c2ccccc2C1=O. The molecule has 1 N–H and O–H groups in total. The molecule has 1 aromatic rings. The van der Waals surface area contributed by atoms with Crippen molar-refractivity contribution < 1.29 is 9.59 Å². The normalized spacial score (nSPS) is 16.1. The van der Waals surface area contributed by atoms with Gasteiger partial charge >= 0.3 is 0 Å². The second-order valence-electron chi connectivity index (χ2n) is 6.48. The van der Waals surface area contributed by atoms with Gasteiger partial charge in [-0.05, 0) is 24.3 Å². The van der Waals surface area contributed by atoms with Crippen LogP contribution in [0.3, 0.4) is 0 Å². The molecule has 2 rings (SSSR count). The van der Waals surface area contributed by atoms with Crippen LogP contribution in [0.1, 0.15) is 68.8 Å². The molecule has 24 heavy (non-hydrogen) atoms. The first-order valence-corrected chi connectivity index (χ1v) is 9.27. The molecule has 3 nitrogen and oxygen atoms in total. The molecular weight excluding hydrogens is 322 g/mol. The maximum Gasteiger partial charge on any atom is 0.224 e. The second kappa shape index (κ2) is 8.48. The fraction of sp³-hybridized carbons (Fsp3) is 0.500. The molecule has 0 saturated heterocycles. The highest BCUT2D eigenvalue weighted by Crippen LogP contribution is 2.39. The van der Waals surface area contributed by atoms with E-state index in [4.69, 9.17) is 11.6 Å². The number of hydrogen-bond donors (Lipinski definition) is 1. The van der Waals surface area contributed by atoms with E-state index < -0.39 is 0 Å². The molecule has 1 aliphatic carbocycles. The maximum absolute atomic E-state index is 12.8. The van der Waals surface area contributed by atoms with E-state index in [9.17, 15) is 9.59 Å². The van der Waals surface area contributed by atoms with E-state index in [1.54, 1.807) is 6.07 Å². The van der Waals surface area contributed by atoms with Gasteiger partial charge in [-0.1, -0.05) is 57.9 Å². The standard InChI is InChI=1S/C20H26ClNO2/c1-4-6-12-16(23)22-19-17(18(21)13(3)9-5-2)14-10-7-8-11-15(14)20(19)24/h7-8,10-11,13,18H,4-6,9,12H2,1-3H3,(H,22,23,24). The summed E-state index contributed by atoms with van der Waals surface area (Å²) in [5.41, 5.74) is 2.65. The summed E-state index contributed by atoms with van der Waals surface area (Å²) >= 11 is 6.73. The van der Waals surface area contributed by atoms with Crippen LogP contribution in [0.15, 0.2) is 30.0 Å². The minimum atomic E-state index is -0.293. The molecule has 0 bridgehead atoms. The molecule has 2 unspecified atom stereocenters. The number of alkyl halides is 1. The smallest absolute Gasteiger partial charge is 0.224 e. The van der Waals surface area contributed by atoms with Crippen LogP contribution in [0.25, 0.3) is 5.57 Å². The van der Waals surface area contributed by atoms with Crippen LogP contribution in [0.2, 0.25) is 0 Å². The van der Waals surface area contributed by atoms with Gasteiger partial charge in [0.2, 0.25) is 11.7 Å². The maximum atomic E-state index is 12.8. The number of fused-ring (bicyclic) bond motifs is 1. The Morgan fingerprint density at radius 2 is 1.83 bits per heavy atom. The highest BCUT2D eigenvalue weighted by molar-refractivity contribution is 6.32. The Hall–Kier alpha value is -1.61. The summed E-state index contributed by atoms with van der Waals surface area (Å²) in [6, 6.07) is 7.47. The summed E-state index contributed by atoms with van der Waals surface area (Å²) in [4.78, 5) is 24.9. The van der Waals surface area contributed by atoms with Crippen LogP contribution in [-0.4, -0.2) is 17.1 Å². The van der Waals surface area contributed by atoms with Crippen molar-refractivity contribution in [2.45, 2.75) is 58.3 Å². The molecule has 2 atom stereocenters. The first-order chi connectivity index (χ1) is 11.5. The Balaban J connectivity index is 2.38. The van der Waals surface area contributed by atoms with E-state index in [1.165, 1.54) is 0 Å². The Morgan fingerprint density at radius 1 is 1.17 bits per heavy atom. The van der Waals surface area contributed by atoms with E-state index in [2.05, 4.69) is 19.2 Å². The lowest BCUT2D eigenvalue weighted by Gasteiger charge is -2.21. The number of benzene rings is 1. The summed E-state index contributed by atoms with van der Waals surface area (Å²) in [6.07, 6.45) is 4.19. The van der Waals surface area contributed by atoms with Crippen molar-refractivity contribution in [1.82, 2.24) is 5.32 Å². The first-order valence-electron chi connectivity index (χ1n) is 8.83. The Labute approximate surface area is 149 Å². The molecule has 0 fully saturated rings. The van der Waals surface area contributed by atoms with Gasteiger partial charge in [0.25, 0.3) is 0 Å². The minimum absolute atomic E-state index is 0.113. The summed E-state index contributed by atoms with van der Waals surface area (Å²) in [5.74, 6) is -0.00881. The Bertz CT molecular complexity index is 651. The van der Waals surface area contributed by atoms with Gasteiger partial charge in [-0.2, -0.15) is 0 Å². The molecule has 0 heterocycles. The Kier molecular flexibility index (Phi) is 6.61. The molecule has 1 amide bonds. The first kappa shape index (κ1) is 18.7. The van der Waals surface area contributed by atoms with E-state index in [1.807, 2.05) is 25.1 Å². The molecule has 0 aliphatic heterocycles. The third-order valence-corrected chi connectivity index (χ3v) is 5.15. The molecule has 0 aromatic heterocycles. The zero-order valence-corrected chi connectivity index (χ0v) is 15.5. The van der Waals surface area contributed by atoms with Gasteiger partial charge in [-0.3, -0.25) is 9.59 Å². The van der Waals surface area contributed by atoms with Crippen LogP contribution in [0.5, 0.6) is 0 Å². The van der Waals surface area contributed by atoms with Crippen molar-refractivity contribution >= 4 is 28.9 Å². The third-order valence-electron chi connectivity index (χ3n) is 4.50. The highest BCUT2D eigenvalue weighted by atomic mass is 35.5. The number of amides is 1. The molecule has 1 aromatic carbocycles. The topological polar surface area (TPSA) is 46.2 Å². The lowest BCUT2D eigenvalue weighted by molar-refractivity contribution is -0.120. The largest absolute Gasteiger partial charge is 0.322 e. The average molecular weight is 348 g/mol. The summed E-state index contributed by atoms with van der Waals surface area (Å²) < 4.78 is 0. The Morgan fingerprint density at radius 3 is 2.46 bits per heavy atom. The van der Waals surface area contributed by atoms with E-state index in [0.29, 0.717) is 17.7 Å². The van der Waals surface area contributed by atoms with E-state index in [0.717, 1.165) is 36.8 Å². The molecular formula is C20H26ClNO2.